The van der Waals surface area contributed by atoms with Crippen LogP contribution in [0.15, 0.2) is 18.2 Å². The van der Waals surface area contributed by atoms with Gasteiger partial charge in [0.1, 0.15) is 6.04 Å². The highest BCUT2D eigenvalue weighted by Crippen LogP contribution is 2.21. The number of carbonyl (C=O) groups is 1. The summed E-state index contributed by atoms with van der Waals surface area (Å²) in [6.07, 6.45) is 0. The van der Waals surface area contributed by atoms with Crippen molar-refractivity contribution in [3.63, 3.8) is 0 Å². The Hall–Kier alpha value is -2.30. The van der Waals surface area contributed by atoms with Gasteiger partial charge in [-0.15, -0.1) is 0 Å². The molecule has 1 amide bonds. The molecule has 1 aromatic carbocycles. The molecule has 3 N–H and O–H groups in total. The SMILES string of the molecule is Cc1cc(N)ccc1NC(=O)C(C)n1nc(C)c(C)c1C. The molecule has 0 aliphatic rings. The van der Waals surface area contributed by atoms with Crippen LogP contribution in [0.25, 0.3) is 0 Å². The van der Waals surface area contributed by atoms with Gasteiger partial charge in [0.2, 0.25) is 5.91 Å². The van der Waals surface area contributed by atoms with Crippen molar-refractivity contribution in [2.45, 2.75) is 40.7 Å². The van der Waals surface area contributed by atoms with E-state index in [2.05, 4.69) is 10.4 Å². The molecule has 0 aliphatic heterocycles. The summed E-state index contributed by atoms with van der Waals surface area (Å²) in [5.41, 5.74) is 11.2. The summed E-state index contributed by atoms with van der Waals surface area (Å²) in [5, 5.41) is 7.38. The topological polar surface area (TPSA) is 72.9 Å². The molecular formula is C16H22N4O. The molecule has 0 spiro atoms. The highest BCUT2D eigenvalue weighted by molar-refractivity contribution is 5.94. The number of aryl methyl sites for hydroxylation is 2. The average Bonchev–Trinajstić information content (AvgIpc) is 2.68. The lowest BCUT2D eigenvalue weighted by atomic mass is 10.1. The van der Waals surface area contributed by atoms with E-state index in [9.17, 15) is 4.79 Å². The molecule has 2 aromatic rings. The zero-order valence-electron chi connectivity index (χ0n) is 13.2. The van der Waals surface area contributed by atoms with Crippen LogP contribution < -0.4 is 11.1 Å². The summed E-state index contributed by atoms with van der Waals surface area (Å²) >= 11 is 0. The first-order valence-electron chi connectivity index (χ1n) is 7.00. The minimum Gasteiger partial charge on any atom is -0.399 e. The third-order valence-corrected chi connectivity index (χ3v) is 3.94. The zero-order valence-corrected chi connectivity index (χ0v) is 13.2. The second-order valence-electron chi connectivity index (χ2n) is 5.48. The maximum atomic E-state index is 12.4. The maximum absolute atomic E-state index is 12.4. The van der Waals surface area contributed by atoms with E-state index in [1.807, 2.05) is 46.8 Å². The molecule has 0 bridgehead atoms. The highest BCUT2D eigenvalue weighted by Gasteiger charge is 2.20. The molecule has 21 heavy (non-hydrogen) atoms. The summed E-state index contributed by atoms with van der Waals surface area (Å²) in [6.45, 7) is 9.72. The van der Waals surface area contributed by atoms with Crippen molar-refractivity contribution in [1.82, 2.24) is 9.78 Å². The van der Waals surface area contributed by atoms with Crippen LogP contribution in [0, 0.1) is 27.7 Å². The number of amides is 1. The van der Waals surface area contributed by atoms with Crippen molar-refractivity contribution in [2.24, 2.45) is 0 Å². The molecule has 5 heteroatoms. The normalized spacial score (nSPS) is 12.2. The molecule has 0 radical (unpaired) electrons. The molecule has 0 fully saturated rings. The minimum absolute atomic E-state index is 0.0894. The molecule has 1 heterocycles. The summed E-state index contributed by atoms with van der Waals surface area (Å²) in [5.74, 6) is -0.0894. The summed E-state index contributed by atoms with van der Waals surface area (Å²) in [4.78, 5) is 12.4. The summed E-state index contributed by atoms with van der Waals surface area (Å²) in [7, 11) is 0. The molecule has 1 unspecified atom stereocenters. The monoisotopic (exact) mass is 286 g/mol. The Morgan fingerprint density at radius 3 is 2.48 bits per heavy atom. The number of aromatic nitrogens is 2. The standard InChI is InChI=1S/C16H22N4O/c1-9-8-14(17)6-7-15(9)18-16(21)13(5)20-12(4)10(2)11(3)19-20/h6-8,13H,17H2,1-5H3,(H,18,21). The molecule has 0 saturated carbocycles. The van der Waals surface area contributed by atoms with Crippen molar-refractivity contribution in [3.8, 4) is 0 Å². The van der Waals surface area contributed by atoms with Crippen LogP contribution in [0.4, 0.5) is 11.4 Å². The Kier molecular flexibility index (Phi) is 4.02. The van der Waals surface area contributed by atoms with Gasteiger partial charge in [-0.3, -0.25) is 9.48 Å². The van der Waals surface area contributed by atoms with Crippen LogP contribution in [0.5, 0.6) is 0 Å². The largest absolute Gasteiger partial charge is 0.399 e. The van der Waals surface area contributed by atoms with Gasteiger partial charge in [-0.1, -0.05) is 0 Å². The van der Waals surface area contributed by atoms with E-state index in [4.69, 9.17) is 5.73 Å². The number of nitrogens with zero attached hydrogens (tertiary/aromatic N) is 2. The lowest BCUT2D eigenvalue weighted by molar-refractivity contribution is -0.119. The molecule has 112 valence electrons. The Labute approximate surface area is 125 Å². The predicted molar refractivity (Wildman–Crippen MR) is 85.4 cm³/mol. The average molecular weight is 286 g/mol. The van der Waals surface area contributed by atoms with E-state index >= 15 is 0 Å². The summed E-state index contributed by atoms with van der Waals surface area (Å²) < 4.78 is 1.77. The van der Waals surface area contributed by atoms with Gasteiger partial charge in [-0.2, -0.15) is 5.10 Å². The number of rotatable bonds is 3. The molecule has 1 atom stereocenters. The van der Waals surface area contributed by atoms with Crippen molar-refractivity contribution >= 4 is 17.3 Å². The van der Waals surface area contributed by atoms with Crippen molar-refractivity contribution in [3.05, 3.63) is 40.7 Å². The van der Waals surface area contributed by atoms with Gasteiger partial charge in [0.05, 0.1) is 5.69 Å². The van der Waals surface area contributed by atoms with E-state index < -0.39 is 0 Å². The number of nitrogens with one attached hydrogen (secondary N) is 1. The third kappa shape index (κ3) is 2.91. The smallest absolute Gasteiger partial charge is 0.248 e. The van der Waals surface area contributed by atoms with Crippen LogP contribution in [0.1, 0.15) is 35.5 Å². The van der Waals surface area contributed by atoms with Crippen LogP contribution >= 0.6 is 0 Å². The number of hydrogen-bond donors (Lipinski definition) is 2. The van der Waals surface area contributed by atoms with Crippen molar-refractivity contribution in [2.75, 3.05) is 11.1 Å². The van der Waals surface area contributed by atoms with Gasteiger partial charge in [0.25, 0.3) is 0 Å². The fourth-order valence-electron chi connectivity index (χ4n) is 2.30. The first-order valence-corrected chi connectivity index (χ1v) is 7.00. The third-order valence-electron chi connectivity index (χ3n) is 3.94. The van der Waals surface area contributed by atoms with E-state index in [1.54, 1.807) is 10.7 Å². The zero-order chi connectivity index (χ0) is 15.7. The molecule has 0 saturated heterocycles. The number of benzene rings is 1. The summed E-state index contributed by atoms with van der Waals surface area (Å²) in [6, 6.07) is 5.07. The second-order valence-corrected chi connectivity index (χ2v) is 5.48. The van der Waals surface area contributed by atoms with Crippen molar-refractivity contribution in [1.29, 1.82) is 0 Å². The molecule has 0 aliphatic carbocycles. The number of carbonyl (C=O) groups excluding carboxylic acids is 1. The lowest BCUT2D eigenvalue weighted by Crippen LogP contribution is -2.25. The number of nitrogen functional groups attached to an aromatic ring is 1. The predicted octanol–water partition coefficient (Wildman–Crippen LogP) is 2.90. The van der Waals surface area contributed by atoms with E-state index in [0.717, 1.165) is 28.2 Å². The fourth-order valence-corrected chi connectivity index (χ4v) is 2.30. The van der Waals surface area contributed by atoms with E-state index in [1.165, 1.54) is 0 Å². The van der Waals surface area contributed by atoms with Gasteiger partial charge >= 0.3 is 0 Å². The maximum Gasteiger partial charge on any atom is 0.248 e. The molecular weight excluding hydrogens is 264 g/mol. The van der Waals surface area contributed by atoms with Crippen LogP contribution in [-0.2, 0) is 4.79 Å². The van der Waals surface area contributed by atoms with Gasteiger partial charge < -0.3 is 11.1 Å². The Morgan fingerprint density at radius 2 is 1.95 bits per heavy atom. The lowest BCUT2D eigenvalue weighted by Gasteiger charge is -2.16. The number of anilines is 2. The van der Waals surface area contributed by atoms with Crippen LogP contribution in [0.2, 0.25) is 0 Å². The van der Waals surface area contributed by atoms with Gasteiger partial charge in [0, 0.05) is 17.1 Å². The van der Waals surface area contributed by atoms with Crippen molar-refractivity contribution < 1.29 is 4.79 Å². The van der Waals surface area contributed by atoms with Gasteiger partial charge in [-0.05, 0) is 63.9 Å². The molecule has 1 aromatic heterocycles. The Bertz CT molecular complexity index is 688. The van der Waals surface area contributed by atoms with Crippen LogP contribution in [0.3, 0.4) is 0 Å². The van der Waals surface area contributed by atoms with E-state index in [-0.39, 0.29) is 11.9 Å². The second kappa shape index (κ2) is 5.60. The minimum atomic E-state index is -0.366. The Morgan fingerprint density at radius 1 is 1.29 bits per heavy atom. The van der Waals surface area contributed by atoms with Crippen LogP contribution in [-0.4, -0.2) is 15.7 Å². The van der Waals surface area contributed by atoms with Gasteiger partial charge in [-0.25, -0.2) is 0 Å². The molecule has 2 rings (SSSR count). The highest BCUT2D eigenvalue weighted by atomic mass is 16.2. The number of nitrogens with two attached hydrogens (primary N) is 1. The van der Waals surface area contributed by atoms with Gasteiger partial charge in [0.15, 0.2) is 0 Å². The number of hydrogen-bond acceptors (Lipinski definition) is 3. The Balaban J connectivity index is 2.21. The fraction of sp³-hybridized carbons (Fsp3) is 0.375. The van der Waals surface area contributed by atoms with E-state index in [0.29, 0.717) is 5.69 Å². The first-order chi connectivity index (χ1) is 9.81. The molecule has 5 nitrogen and oxygen atoms in total. The quantitative estimate of drug-likeness (QED) is 0.852. The first kappa shape index (κ1) is 15.1.